The molecule has 5 nitrogen and oxygen atoms in total. The lowest BCUT2D eigenvalue weighted by Crippen LogP contribution is -2.12. The van der Waals surface area contributed by atoms with Gasteiger partial charge in [-0.2, -0.15) is 13.2 Å². The van der Waals surface area contributed by atoms with Gasteiger partial charge in [-0.1, -0.05) is 13.8 Å². The molecular formula is C11H14F3N3O2. The number of nitrogens with one attached hydrogen (secondary N) is 1. The van der Waals surface area contributed by atoms with E-state index in [-0.39, 0.29) is 5.69 Å². The fraction of sp³-hybridized carbons (Fsp3) is 0.545. The van der Waals surface area contributed by atoms with Crippen molar-refractivity contribution < 1.29 is 18.1 Å². The van der Waals surface area contributed by atoms with E-state index in [0.717, 1.165) is 0 Å². The van der Waals surface area contributed by atoms with Crippen LogP contribution in [-0.4, -0.2) is 16.5 Å². The van der Waals surface area contributed by atoms with E-state index in [9.17, 15) is 23.3 Å². The van der Waals surface area contributed by atoms with Crippen LogP contribution in [0.15, 0.2) is 12.3 Å². The minimum Gasteiger partial charge on any atom is -0.379 e. The molecule has 0 saturated carbocycles. The topological polar surface area (TPSA) is 68.1 Å². The number of nitrogens with zero attached hydrogens (tertiary/aromatic N) is 2. The predicted molar refractivity (Wildman–Crippen MR) is 63.8 cm³/mol. The third-order valence-electron chi connectivity index (χ3n) is 2.41. The van der Waals surface area contributed by atoms with Gasteiger partial charge in [0.1, 0.15) is 17.6 Å². The van der Waals surface area contributed by atoms with Crippen LogP contribution in [0.1, 0.15) is 26.0 Å². The molecule has 0 aromatic carbocycles. The van der Waals surface area contributed by atoms with E-state index in [1.165, 1.54) is 0 Å². The quantitative estimate of drug-likeness (QED) is 0.661. The number of alkyl halides is 3. The first-order chi connectivity index (χ1) is 8.71. The van der Waals surface area contributed by atoms with Gasteiger partial charge in [0.2, 0.25) is 0 Å². The lowest BCUT2D eigenvalue weighted by atomic mass is 10.1. The monoisotopic (exact) mass is 277 g/mol. The summed E-state index contributed by atoms with van der Waals surface area (Å²) in [5.74, 6) is 0.343. The molecule has 0 aliphatic heterocycles. The summed E-state index contributed by atoms with van der Waals surface area (Å²) >= 11 is 0. The van der Waals surface area contributed by atoms with Crippen LogP contribution < -0.4 is 5.32 Å². The number of halogens is 3. The lowest BCUT2D eigenvalue weighted by molar-refractivity contribution is -0.384. The molecule has 0 fully saturated rings. The number of rotatable bonds is 5. The van der Waals surface area contributed by atoms with Crippen LogP contribution in [0.2, 0.25) is 0 Å². The van der Waals surface area contributed by atoms with E-state index in [0.29, 0.717) is 31.1 Å². The fourth-order valence-corrected chi connectivity index (χ4v) is 1.39. The van der Waals surface area contributed by atoms with Gasteiger partial charge >= 0.3 is 11.9 Å². The summed E-state index contributed by atoms with van der Waals surface area (Å²) in [4.78, 5) is 13.0. The molecule has 19 heavy (non-hydrogen) atoms. The number of anilines is 1. The molecule has 0 radical (unpaired) electrons. The van der Waals surface area contributed by atoms with Gasteiger partial charge in [-0.15, -0.1) is 0 Å². The highest BCUT2D eigenvalue weighted by atomic mass is 19.4. The molecule has 106 valence electrons. The molecule has 0 unspecified atom stereocenters. The van der Waals surface area contributed by atoms with Gasteiger partial charge in [0.15, 0.2) is 0 Å². The molecular weight excluding hydrogens is 263 g/mol. The van der Waals surface area contributed by atoms with E-state index < -0.39 is 22.5 Å². The normalized spacial score (nSPS) is 11.7. The summed E-state index contributed by atoms with van der Waals surface area (Å²) in [5, 5.41) is 13.4. The minimum absolute atomic E-state index is 0.159. The Morgan fingerprint density at radius 3 is 2.58 bits per heavy atom. The predicted octanol–water partition coefficient (Wildman–Crippen LogP) is 3.47. The maximum atomic E-state index is 12.5. The van der Waals surface area contributed by atoms with Gasteiger partial charge in [-0.05, 0) is 18.4 Å². The average molecular weight is 277 g/mol. The lowest BCUT2D eigenvalue weighted by Gasteiger charge is -2.11. The number of pyridine rings is 1. The molecule has 0 aliphatic rings. The van der Waals surface area contributed by atoms with Crippen molar-refractivity contribution in [3.63, 3.8) is 0 Å². The molecule has 1 N–H and O–H groups in total. The van der Waals surface area contributed by atoms with Crippen LogP contribution in [0, 0.1) is 16.0 Å². The van der Waals surface area contributed by atoms with Crippen molar-refractivity contribution in [1.82, 2.24) is 4.98 Å². The molecule has 0 saturated heterocycles. The van der Waals surface area contributed by atoms with Gasteiger partial charge in [0.25, 0.3) is 0 Å². The Labute approximate surface area is 108 Å². The number of nitro groups is 1. The first-order valence-corrected chi connectivity index (χ1v) is 5.67. The zero-order valence-corrected chi connectivity index (χ0v) is 10.5. The van der Waals surface area contributed by atoms with Crippen LogP contribution in [0.25, 0.3) is 0 Å². The van der Waals surface area contributed by atoms with Crippen LogP contribution in [0.5, 0.6) is 0 Å². The second kappa shape index (κ2) is 5.85. The first kappa shape index (κ1) is 15.2. The van der Waals surface area contributed by atoms with E-state index >= 15 is 0 Å². The molecule has 8 heteroatoms. The minimum atomic E-state index is -4.62. The third-order valence-corrected chi connectivity index (χ3v) is 2.41. The molecule has 0 spiro atoms. The summed E-state index contributed by atoms with van der Waals surface area (Å²) in [6, 6.07) is 0.665. The summed E-state index contributed by atoms with van der Waals surface area (Å²) in [6.45, 7) is 4.26. The summed E-state index contributed by atoms with van der Waals surface area (Å²) in [6.07, 6.45) is -3.30. The van der Waals surface area contributed by atoms with Crippen molar-refractivity contribution in [2.24, 2.45) is 5.92 Å². The maximum Gasteiger partial charge on any atom is 0.433 e. The van der Waals surface area contributed by atoms with Crippen molar-refractivity contribution in [2.45, 2.75) is 26.4 Å². The Balaban J connectivity index is 2.99. The van der Waals surface area contributed by atoms with Gasteiger partial charge in [-0.3, -0.25) is 10.1 Å². The van der Waals surface area contributed by atoms with Crippen molar-refractivity contribution in [3.05, 3.63) is 28.1 Å². The standard InChI is InChI=1S/C11H14F3N3O2/c1-7(2)3-4-15-8-5-10(11(12,13)14)16-6-9(8)17(18)19/h5-7H,3-4H2,1-2H3,(H,15,16). The molecule has 1 aromatic heterocycles. The molecule has 0 atom stereocenters. The smallest absolute Gasteiger partial charge is 0.379 e. The van der Waals surface area contributed by atoms with Crippen molar-refractivity contribution in [3.8, 4) is 0 Å². The first-order valence-electron chi connectivity index (χ1n) is 5.67. The van der Waals surface area contributed by atoms with Crippen molar-refractivity contribution in [2.75, 3.05) is 11.9 Å². The number of hydrogen-bond acceptors (Lipinski definition) is 4. The third kappa shape index (κ3) is 4.38. The summed E-state index contributed by atoms with van der Waals surface area (Å²) < 4.78 is 37.5. The number of aromatic nitrogens is 1. The van der Waals surface area contributed by atoms with Gasteiger partial charge in [0.05, 0.1) is 4.92 Å². The Kier molecular flexibility index (Phi) is 4.68. The van der Waals surface area contributed by atoms with Crippen LogP contribution in [0.3, 0.4) is 0 Å². The summed E-state index contributed by atoms with van der Waals surface area (Å²) in [5.41, 5.74) is -1.77. The Hall–Kier alpha value is -1.86. The second-order valence-electron chi connectivity index (χ2n) is 4.45. The van der Waals surface area contributed by atoms with E-state index in [1.54, 1.807) is 0 Å². The molecule has 1 aromatic rings. The zero-order valence-electron chi connectivity index (χ0n) is 10.5. The van der Waals surface area contributed by atoms with Gasteiger partial charge in [-0.25, -0.2) is 4.98 Å². The zero-order chi connectivity index (χ0) is 14.6. The molecule has 0 aliphatic carbocycles. The maximum absolute atomic E-state index is 12.5. The highest BCUT2D eigenvalue weighted by Gasteiger charge is 2.34. The molecule has 1 rings (SSSR count). The van der Waals surface area contributed by atoms with Crippen LogP contribution in [0.4, 0.5) is 24.5 Å². The largest absolute Gasteiger partial charge is 0.433 e. The average Bonchev–Trinajstić information content (AvgIpc) is 2.26. The van der Waals surface area contributed by atoms with Crippen LogP contribution >= 0.6 is 0 Å². The van der Waals surface area contributed by atoms with E-state index in [4.69, 9.17) is 0 Å². The van der Waals surface area contributed by atoms with Gasteiger partial charge < -0.3 is 5.32 Å². The van der Waals surface area contributed by atoms with E-state index in [2.05, 4.69) is 10.3 Å². The molecule has 1 heterocycles. The highest BCUT2D eigenvalue weighted by Crippen LogP contribution is 2.32. The highest BCUT2D eigenvalue weighted by molar-refractivity contribution is 5.61. The Bertz CT molecular complexity index is 461. The number of hydrogen-bond donors (Lipinski definition) is 1. The van der Waals surface area contributed by atoms with Crippen molar-refractivity contribution >= 4 is 11.4 Å². The summed E-state index contributed by atoms with van der Waals surface area (Å²) in [7, 11) is 0. The van der Waals surface area contributed by atoms with E-state index in [1.807, 2.05) is 13.8 Å². The Morgan fingerprint density at radius 1 is 1.47 bits per heavy atom. The molecule has 0 amide bonds. The SMILES string of the molecule is CC(C)CCNc1cc(C(F)(F)F)ncc1[N+](=O)[O-]. The molecule has 0 bridgehead atoms. The Morgan fingerprint density at radius 2 is 2.11 bits per heavy atom. The fourth-order valence-electron chi connectivity index (χ4n) is 1.39. The second-order valence-corrected chi connectivity index (χ2v) is 4.45. The van der Waals surface area contributed by atoms with Crippen molar-refractivity contribution in [1.29, 1.82) is 0 Å². The van der Waals surface area contributed by atoms with Crippen LogP contribution in [-0.2, 0) is 6.18 Å². The van der Waals surface area contributed by atoms with Gasteiger partial charge in [0, 0.05) is 6.54 Å².